The number of sulfonamides is 1. The van der Waals surface area contributed by atoms with Gasteiger partial charge in [0.2, 0.25) is 10.0 Å². The Morgan fingerprint density at radius 2 is 2.38 bits per heavy atom. The van der Waals surface area contributed by atoms with Gasteiger partial charge in [-0.25, -0.2) is 8.42 Å². The number of rotatable bonds is 6. The van der Waals surface area contributed by atoms with Crippen molar-refractivity contribution in [3.63, 3.8) is 0 Å². The molecule has 1 aromatic heterocycles. The fourth-order valence-electron chi connectivity index (χ4n) is 1.07. The van der Waals surface area contributed by atoms with Crippen LogP contribution in [0.3, 0.4) is 0 Å². The number of aliphatic carboxylic acids is 1. The van der Waals surface area contributed by atoms with Gasteiger partial charge in [-0.2, -0.15) is 4.72 Å². The SMILES string of the molecule is C=CCS(=O)(=O)NC(C(=O)O)c1cccs1. The van der Waals surface area contributed by atoms with Crippen LogP contribution in [0.5, 0.6) is 0 Å². The van der Waals surface area contributed by atoms with E-state index in [0.717, 1.165) is 0 Å². The maximum atomic E-state index is 11.4. The van der Waals surface area contributed by atoms with Crippen molar-refractivity contribution >= 4 is 27.3 Å². The molecule has 16 heavy (non-hydrogen) atoms. The summed E-state index contributed by atoms with van der Waals surface area (Å²) in [6.07, 6.45) is 1.20. The summed E-state index contributed by atoms with van der Waals surface area (Å²) in [5, 5.41) is 10.6. The molecule has 0 aliphatic rings. The van der Waals surface area contributed by atoms with Crippen molar-refractivity contribution in [2.45, 2.75) is 6.04 Å². The minimum absolute atomic E-state index is 0.303. The number of nitrogens with one attached hydrogen (secondary N) is 1. The molecule has 88 valence electrons. The molecule has 5 nitrogen and oxygen atoms in total. The summed E-state index contributed by atoms with van der Waals surface area (Å²) in [4.78, 5) is 11.4. The number of hydrogen-bond acceptors (Lipinski definition) is 4. The first kappa shape index (κ1) is 12.9. The van der Waals surface area contributed by atoms with E-state index in [0.29, 0.717) is 4.88 Å². The molecule has 1 unspecified atom stereocenters. The number of carboxylic acids is 1. The Bertz CT molecular complexity index is 464. The first-order chi connectivity index (χ1) is 7.46. The van der Waals surface area contributed by atoms with Gasteiger partial charge in [0, 0.05) is 4.88 Å². The molecule has 0 bridgehead atoms. The first-order valence-electron chi connectivity index (χ1n) is 4.33. The van der Waals surface area contributed by atoms with Crippen LogP contribution in [0.4, 0.5) is 0 Å². The van der Waals surface area contributed by atoms with Gasteiger partial charge in [-0.05, 0) is 11.4 Å². The highest BCUT2D eigenvalue weighted by atomic mass is 32.2. The van der Waals surface area contributed by atoms with Crippen molar-refractivity contribution < 1.29 is 18.3 Å². The number of carbonyl (C=O) groups is 1. The van der Waals surface area contributed by atoms with Gasteiger partial charge >= 0.3 is 5.97 Å². The zero-order valence-corrected chi connectivity index (χ0v) is 9.92. The third kappa shape index (κ3) is 3.44. The standard InChI is InChI=1S/C9H11NO4S2/c1-2-6-16(13,14)10-8(9(11)12)7-4-3-5-15-7/h2-5,8,10H,1,6H2,(H,11,12). The summed E-state index contributed by atoms with van der Waals surface area (Å²) >= 11 is 1.18. The molecule has 0 amide bonds. The number of thiophene rings is 1. The van der Waals surface area contributed by atoms with Crippen molar-refractivity contribution in [2.75, 3.05) is 5.75 Å². The summed E-state index contributed by atoms with van der Waals surface area (Å²) in [6, 6.07) is 2.00. The summed E-state index contributed by atoms with van der Waals surface area (Å²) in [5.74, 6) is -1.53. The Labute approximate surface area is 97.5 Å². The molecule has 0 aliphatic heterocycles. The second-order valence-corrected chi connectivity index (χ2v) is 5.75. The summed E-state index contributed by atoms with van der Waals surface area (Å²) in [5.41, 5.74) is 0. The lowest BCUT2D eigenvalue weighted by molar-refractivity contribution is -0.139. The van der Waals surface area contributed by atoms with Gasteiger partial charge in [0.25, 0.3) is 0 Å². The Hall–Kier alpha value is -1.18. The van der Waals surface area contributed by atoms with Gasteiger partial charge in [0.05, 0.1) is 5.75 Å². The predicted octanol–water partition coefficient (Wildman–Crippen LogP) is 0.979. The summed E-state index contributed by atoms with van der Waals surface area (Å²) in [7, 11) is -3.64. The topological polar surface area (TPSA) is 83.5 Å². The van der Waals surface area contributed by atoms with Gasteiger partial charge in [-0.3, -0.25) is 4.79 Å². The molecule has 7 heteroatoms. The van der Waals surface area contributed by atoms with Gasteiger partial charge in [-0.15, -0.1) is 17.9 Å². The maximum Gasteiger partial charge on any atom is 0.327 e. The molecule has 0 aromatic carbocycles. The van der Waals surface area contributed by atoms with E-state index < -0.39 is 22.0 Å². The second kappa shape index (κ2) is 5.24. The lowest BCUT2D eigenvalue weighted by Gasteiger charge is -2.12. The van der Waals surface area contributed by atoms with Gasteiger partial charge in [0.15, 0.2) is 6.04 Å². The van der Waals surface area contributed by atoms with Crippen LogP contribution in [0, 0.1) is 0 Å². The van der Waals surface area contributed by atoms with Crippen molar-refractivity contribution in [1.29, 1.82) is 0 Å². The number of hydrogen-bond donors (Lipinski definition) is 2. The minimum atomic E-state index is -3.64. The highest BCUT2D eigenvalue weighted by Crippen LogP contribution is 2.19. The Kier molecular flexibility index (Phi) is 4.22. The molecule has 0 fully saturated rings. The van der Waals surface area contributed by atoms with Crippen LogP contribution in [-0.4, -0.2) is 25.2 Å². The molecule has 0 saturated carbocycles. The fourth-order valence-corrected chi connectivity index (χ4v) is 2.90. The van der Waals surface area contributed by atoms with Crippen molar-refractivity contribution in [1.82, 2.24) is 4.72 Å². The van der Waals surface area contributed by atoms with Crippen molar-refractivity contribution in [2.24, 2.45) is 0 Å². The van der Waals surface area contributed by atoms with E-state index in [-0.39, 0.29) is 5.75 Å². The molecule has 0 spiro atoms. The quantitative estimate of drug-likeness (QED) is 0.748. The maximum absolute atomic E-state index is 11.4. The largest absolute Gasteiger partial charge is 0.480 e. The Morgan fingerprint density at radius 3 is 2.81 bits per heavy atom. The third-order valence-electron chi connectivity index (χ3n) is 1.71. The van der Waals surface area contributed by atoms with E-state index in [4.69, 9.17) is 5.11 Å². The summed E-state index contributed by atoms with van der Waals surface area (Å²) in [6.45, 7) is 3.30. The highest BCUT2D eigenvalue weighted by Gasteiger charge is 2.25. The van der Waals surface area contributed by atoms with E-state index in [9.17, 15) is 13.2 Å². The molecular formula is C9H11NO4S2. The van der Waals surface area contributed by atoms with Crippen molar-refractivity contribution in [3.05, 3.63) is 35.0 Å². The fraction of sp³-hybridized carbons (Fsp3) is 0.222. The summed E-state index contributed by atoms with van der Waals surface area (Å²) < 4.78 is 24.9. The smallest absolute Gasteiger partial charge is 0.327 e. The van der Waals surface area contributed by atoms with Crippen LogP contribution in [0.25, 0.3) is 0 Å². The van der Waals surface area contributed by atoms with Crippen LogP contribution < -0.4 is 4.72 Å². The van der Waals surface area contributed by atoms with Gasteiger partial charge < -0.3 is 5.11 Å². The van der Waals surface area contributed by atoms with Gasteiger partial charge in [0.1, 0.15) is 0 Å². The van der Waals surface area contributed by atoms with E-state index in [1.165, 1.54) is 17.4 Å². The van der Waals surface area contributed by atoms with Crippen LogP contribution >= 0.6 is 11.3 Å². The van der Waals surface area contributed by atoms with Crippen molar-refractivity contribution in [3.8, 4) is 0 Å². The first-order valence-corrected chi connectivity index (χ1v) is 6.86. The molecule has 1 aromatic rings. The normalized spacial score (nSPS) is 13.2. The Morgan fingerprint density at radius 1 is 1.69 bits per heavy atom. The molecule has 0 saturated heterocycles. The lowest BCUT2D eigenvalue weighted by atomic mass is 10.3. The van der Waals surface area contributed by atoms with E-state index in [2.05, 4.69) is 11.3 Å². The third-order valence-corrected chi connectivity index (χ3v) is 3.92. The van der Waals surface area contributed by atoms with Crippen LogP contribution in [0.1, 0.15) is 10.9 Å². The zero-order chi connectivity index (χ0) is 12.2. The molecule has 1 rings (SSSR count). The van der Waals surface area contributed by atoms with Crippen LogP contribution in [0.15, 0.2) is 30.2 Å². The molecule has 0 aliphatic carbocycles. The highest BCUT2D eigenvalue weighted by molar-refractivity contribution is 7.89. The van der Waals surface area contributed by atoms with E-state index in [1.54, 1.807) is 17.5 Å². The second-order valence-electron chi connectivity index (χ2n) is 2.97. The average molecular weight is 261 g/mol. The van der Waals surface area contributed by atoms with Crippen LogP contribution in [0.2, 0.25) is 0 Å². The zero-order valence-electron chi connectivity index (χ0n) is 8.29. The number of carboxylic acid groups (broad SMARTS) is 1. The van der Waals surface area contributed by atoms with Crippen LogP contribution in [-0.2, 0) is 14.8 Å². The molecular weight excluding hydrogens is 250 g/mol. The predicted molar refractivity (Wildman–Crippen MR) is 61.8 cm³/mol. The minimum Gasteiger partial charge on any atom is -0.480 e. The van der Waals surface area contributed by atoms with E-state index in [1.807, 2.05) is 0 Å². The molecule has 0 radical (unpaired) electrons. The lowest BCUT2D eigenvalue weighted by Crippen LogP contribution is -2.34. The monoisotopic (exact) mass is 261 g/mol. The molecule has 1 atom stereocenters. The Balaban J connectivity index is 2.90. The molecule has 1 heterocycles. The van der Waals surface area contributed by atoms with Gasteiger partial charge in [-0.1, -0.05) is 12.1 Å². The van der Waals surface area contributed by atoms with E-state index >= 15 is 0 Å². The average Bonchev–Trinajstić information content (AvgIpc) is 2.66. The molecule has 2 N–H and O–H groups in total.